The van der Waals surface area contributed by atoms with E-state index >= 15 is 0 Å². The lowest BCUT2D eigenvalue weighted by atomic mass is 10.0. The summed E-state index contributed by atoms with van der Waals surface area (Å²) in [6.07, 6.45) is 7.54. The SMILES string of the molecule is CCCCCCCCC(=O)c1nn(Cc2ccc(Cl)cc2Cl)c2ccccc12. The largest absolute Gasteiger partial charge is 0.292 e. The van der Waals surface area contributed by atoms with Gasteiger partial charge >= 0.3 is 0 Å². The number of nitrogens with zero attached hydrogens (tertiary/aromatic N) is 2. The molecule has 5 heteroatoms. The zero-order valence-electron chi connectivity index (χ0n) is 16.3. The quantitative estimate of drug-likeness (QED) is 0.256. The van der Waals surface area contributed by atoms with Crippen molar-refractivity contribution in [2.45, 2.75) is 58.4 Å². The molecule has 0 unspecified atom stereocenters. The van der Waals surface area contributed by atoms with Crippen molar-refractivity contribution < 1.29 is 4.79 Å². The molecule has 3 rings (SSSR count). The van der Waals surface area contributed by atoms with Crippen LogP contribution in [0.1, 0.15) is 67.9 Å². The van der Waals surface area contributed by atoms with Crippen LogP contribution in [0.25, 0.3) is 10.9 Å². The number of carbonyl (C=O) groups excluding carboxylic acids is 1. The van der Waals surface area contributed by atoms with Crippen LogP contribution in [-0.4, -0.2) is 15.6 Å². The highest BCUT2D eigenvalue weighted by molar-refractivity contribution is 6.35. The van der Waals surface area contributed by atoms with E-state index in [1.165, 1.54) is 25.7 Å². The van der Waals surface area contributed by atoms with Crippen LogP contribution in [0.15, 0.2) is 42.5 Å². The number of hydrogen-bond acceptors (Lipinski definition) is 2. The number of ketones is 1. The van der Waals surface area contributed by atoms with Gasteiger partial charge in [0.05, 0.1) is 12.1 Å². The number of aromatic nitrogens is 2. The Balaban J connectivity index is 1.75. The molecule has 0 aliphatic rings. The molecule has 0 saturated carbocycles. The molecule has 0 spiro atoms. The van der Waals surface area contributed by atoms with Gasteiger partial charge in [0.15, 0.2) is 5.78 Å². The van der Waals surface area contributed by atoms with Crippen molar-refractivity contribution in [1.29, 1.82) is 0 Å². The van der Waals surface area contributed by atoms with Crippen molar-refractivity contribution in [3.8, 4) is 0 Å². The van der Waals surface area contributed by atoms with Crippen LogP contribution in [0.2, 0.25) is 10.0 Å². The van der Waals surface area contributed by atoms with Gasteiger partial charge in [-0.15, -0.1) is 0 Å². The summed E-state index contributed by atoms with van der Waals surface area (Å²) in [6.45, 7) is 2.71. The normalized spacial score (nSPS) is 11.2. The summed E-state index contributed by atoms with van der Waals surface area (Å²) >= 11 is 12.3. The third-order valence-electron chi connectivity index (χ3n) is 5.01. The van der Waals surface area contributed by atoms with Gasteiger partial charge in [0, 0.05) is 21.9 Å². The van der Waals surface area contributed by atoms with Crippen molar-refractivity contribution >= 4 is 39.9 Å². The molecule has 3 aromatic rings. The topological polar surface area (TPSA) is 34.9 Å². The number of unbranched alkanes of at least 4 members (excludes halogenated alkanes) is 5. The van der Waals surface area contributed by atoms with Gasteiger partial charge < -0.3 is 0 Å². The third kappa shape index (κ3) is 5.15. The summed E-state index contributed by atoms with van der Waals surface area (Å²) in [5, 5.41) is 6.77. The lowest BCUT2D eigenvalue weighted by molar-refractivity contribution is 0.0975. The zero-order valence-corrected chi connectivity index (χ0v) is 17.8. The van der Waals surface area contributed by atoms with Gasteiger partial charge in [-0.3, -0.25) is 9.48 Å². The van der Waals surface area contributed by atoms with Crippen LogP contribution in [0, 0.1) is 0 Å². The third-order valence-corrected chi connectivity index (χ3v) is 5.60. The van der Waals surface area contributed by atoms with Gasteiger partial charge in [-0.1, -0.05) is 86.5 Å². The molecule has 0 radical (unpaired) electrons. The Kier molecular flexibility index (Phi) is 7.52. The minimum Gasteiger partial charge on any atom is -0.292 e. The summed E-state index contributed by atoms with van der Waals surface area (Å²) in [5.41, 5.74) is 2.43. The molecule has 2 aromatic carbocycles. The highest BCUT2D eigenvalue weighted by atomic mass is 35.5. The molecule has 0 aliphatic heterocycles. The summed E-state index contributed by atoms with van der Waals surface area (Å²) < 4.78 is 1.86. The first-order chi connectivity index (χ1) is 13.6. The molecule has 0 atom stereocenters. The number of halogens is 2. The monoisotopic (exact) mass is 416 g/mol. The minimum absolute atomic E-state index is 0.118. The number of carbonyl (C=O) groups is 1. The fourth-order valence-electron chi connectivity index (χ4n) is 3.45. The van der Waals surface area contributed by atoms with Crippen molar-refractivity contribution in [3.05, 3.63) is 63.8 Å². The van der Waals surface area contributed by atoms with Gasteiger partial charge in [0.25, 0.3) is 0 Å². The van der Waals surface area contributed by atoms with E-state index in [2.05, 4.69) is 12.0 Å². The number of Topliss-reactive ketones (excluding diaryl/α,β-unsaturated/α-hetero) is 1. The maximum absolute atomic E-state index is 12.8. The van der Waals surface area contributed by atoms with E-state index in [1.54, 1.807) is 6.07 Å². The molecule has 0 saturated heterocycles. The van der Waals surface area contributed by atoms with E-state index < -0.39 is 0 Å². The van der Waals surface area contributed by atoms with Crippen molar-refractivity contribution in [3.63, 3.8) is 0 Å². The van der Waals surface area contributed by atoms with Crippen molar-refractivity contribution in [1.82, 2.24) is 9.78 Å². The molecule has 148 valence electrons. The first-order valence-electron chi connectivity index (χ1n) is 10.0. The van der Waals surface area contributed by atoms with Gasteiger partial charge in [-0.2, -0.15) is 5.10 Å². The lowest BCUT2D eigenvalue weighted by Crippen LogP contribution is -2.05. The van der Waals surface area contributed by atoms with Gasteiger partial charge in [0.1, 0.15) is 5.69 Å². The zero-order chi connectivity index (χ0) is 19.9. The summed E-state index contributed by atoms with van der Waals surface area (Å²) in [6, 6.07) is 13.3. The Morgan fingerprint density at radius 3 is 2.54 bits per heavy atom. The van der Waals surface area contributed by atoms with E-state index in [0.717, 1.165) is 29.3 Å². The summed E-state index contributed by atoms with van der Waals surface area (Å²) in [5.74, 6) is 0.118. The predicted molar refractivity (Wildman–Crippen MR) is 118 cm³/mol. The number of benzene rings is 2. The second-order valence-corrected chi connectivity index (χ2v) is 8.04. The Labute approximate surface area is 176 Å². The maximum Gasteiger partial charge on any atom is 0.183 e. The molecule has 0 bridgehead atoms. The Hall–Kier alpha value is -1.84. The van der Waals surface area contributed by atoms with Gasteiger partial charge in [0.2, 0.25) is 0 Å². The number of rotatable bonds is 10. The van der Waals surface area contributed by atoms with Crippen LogP contribution >= 0.6 is 23.2 Å². The summed E-state index contributed by atoms with van der Waals surface area (Å²) in [4.78, 5) is 12.8. The molecule has 1 aromatic heterocycles. The van der Waals surface area contributed by atoms with E-state index in [0.29, 0.717) is 28.7 Å². The van der Waals surface area contributed by atoms with Crippen LogP contribution in [0.3, 0.4) is 0 Å². The van der Waals surface area contributed by atoms with E-state index in [1.807, 2.05) is 41.1 Å². The highest BCUT2D eigenvalue weighted by Crippen LogP contribution is 2.25. The molecular weight excluding hydrogens is 391 g/mol. The highest BCUT2D eigenvalue weighted by Gasteiger charge is 2.17. The molecule has 28 heavy (non-hydrogen) atoms. The predicted octanol–water partition coefficient (Wildman–Crippen LogP) is 7.32. The fraction of sp³-hybridized carbons (Fsp3) is 0.391. The summed E-state index contributed by atoms with van der Waals surface area (Å²) in [7, 11) is 0. The van der Waals surface area contributed by atoms with E-state index in [4.69, 9.17) is 23.2 Å². The Morgan fingerprint density at radius 1 is 1.00 bits per heavy atom. The Bertz CT molecular complexity index is 949. The molecule has 0 N–H and O–H groups in total. The molecule has 0 amide bonds. The first kappa shape index (κ1) is 20.9. The van der Waals surface area contributed by atoms with Crippen LogP contribution < -0.4 is 0 Å². The molecule has 3 nitrogen and oxygen atoms in total. The minimum atomic E-state index is 0.118. The second kappa shape index (κ2) is 10.1. The molecular formula is C23H26Cl2N2O. The van der Waals surface area contributed by atoms with Crippen molar-refractivity contribution in [2.24, 2.45) is 0 Å². The molecule has 0 fully saturated rings. The van der Waals surface area contributed by atoms with Gasteiger partial charge in [-0.05, 0) is 30.2 Å². The van der Waals surface area contributed by atoms with E-state index in [9.17, 15) is 4.79 Å². The lowest BCUT2D eigenvalue weighted by Gasteiger charge is -2.06. The second-order valence-electron chi connectivity index (χ2n) is 7.20. The molecule has 0 aliphatic carbocycles. The Morgan fingerprint density at radius 2 is 1.75 bits per heavy atom. The first-order valence-corrected chi connectivity index (χ1v) is 10.8. The van der Waals surface area contributed by atoms with Gasteiger partial charge in [-0.25, -0.2) is 0 Å². The number of hydrogen-bond donors (Lipinski definition) is 0. The smallest absolute Gasteiger partial charge is 0.183 e. The van der Waals surface area contributed by atoms with Crippen LogP contribution in [0.4, 0.5) is 0 Å². The van der Waals surface area contributed by atoms with E-state index in [-0.39, 0.29) is 5.78 Å². The fourth-order valence-corrected chi connectivity index (χ4v) is 3.92. The molecule has 1 heterocycles. The van der Waals surface area contributed by atoms with Crippen LogP contribution in [-0.2, 0) is 6.54 Å². The average Bonchev–Trinajstić information content (AvgIpc) is 3.05. The standard InChI is InChI=1S/C23H26Cl2N2O/c1-2-3-4-5-6-7-12-22(28)23-19-10-8-9-11-21(19)27(26-23)16-17-13-14-18(24)15-20(17)25/h8-11,13-15H,2-7,12,16H2,1H3. The van der Waals surface area contributed by atoms with Crippen LogP contribution in [0.5, 0.6) is 0 Å². The number of fused-ring (bicyclic) bond motifs is 1. The number of para-hydroxylation sites is 1. The van der Waals surface area contributed by atoms with Crippen molar-refractivity contribution in [2.75, 3.05) is 0 Å². The maximum atomic E-state index is 12.8. The average molecular weight is 417 g/mol.